The van der Waals surface area contributed by atoms with Gasteiger partial charge in [0.2, 0.25) is 5.95 Å². The fourth-order valence-electron chi connectivity index (χ4n) is 2.49. The average Bonchev–Trinajstić information content (AvgIpc) is 2.98. The Morgan fingerprint density at radius 1 is 1.26 bits per heavy atom. The van der Waals surface area contributed by atoms with Gasteiger partial charge in [-0.2, -0.15) is 4.68 Å². The first-order valence-electron chi connectivity index (χ1n) is 6.53. The lowest BCUT2D eigenvalue weighted by Crippen LogP contribution is -2.37. The van der Waals surface area contributed by atoms with Crippen LogP contribution in [-0.4, -0.2) is 38.6 Å². The molecule has 1 aliphatic rings. The predicted octanol–water partition coefficient (Wildman–Crippen LogP) is 2.27. The standard InChI is InChI=1S/C13H16BrN5/c14-9-11-5-4-8-18(10-11)13-15-16-17-19(13)12-6-2-1-3-7-12/h1-3,6-7,11H,4-5,8-10H2. The first-order valence-corrected chi connectivity index (χ1v) is 7.65. The lowest BCUT2D eigenvalue weighted by atomic mass is 10.0. The highest BCUT2D eigenvalue weighted by molar-refractivity contribution is 9.09. The zero-order valence-corrected chi connectivity index (χ0v) is 12.2. The largest absolute Gasteiger partial charge is 0.339 e. The van der Waals surface area contributed by atoms with E-state index in [9.17, 15) is 0 Å². The van der Waals surface area contributed by atoms with Gasteiger partial charge in [-0.3, -0.25) is 0 Å². The number of benzene rings is 1. The highest BCUT2D eigenvalue weighted by Crippen LogP contribution is 2.23. The summed E-state index contributed by atoms with van der Waals surface area (Å²) in [5, 5.41) is 13.2. The molecule has 1 atom stereocenters. The van der Waals surface area contributed by atoms with Gasteiger partial charge in [-0.1, -0.05) is 39.2 Å². The van der Waals surface area contributed by atoms with Gasteiger partial charge >= 0.3 is 0 Å². The molecule has 0 radical (unpaired) electrons. The van der Waals surface area contributed by atoms with Gasteiger partial charge in [0.05, 0.1) is 5.69 Å². The van der Waals surface area contributed by atoms with Gasteiger partial charge in [0.1, 0.15) is 0 Å². The molecule has 0 bridgehead atoms. The molecule has 5 nitrogen and oxygen atoms in total. The SMILES string of the molecule is BrCC1CCCN(c2nnnn2-c2ccccc2)C1. The maximum absolute atomic E-state index is 4.20. The Balaban J connectivity index is 1.88. The molecule has 1 aromatic heterocycles. The molecule has 3 rings (SSSR count). The lowest BCUT2D eigenvalue weighted by molar-refractivity contribution is 0.448. The molecule has 1 saturated heterocycles. The molecule has 1 aliphatic heterocycles. The normalized spacial score (nSPS) is 19.6. The number of halogens is 1. The Hall–Kier alpha value is -1.43. The second kappa shape index (κ2) is 5.69. The number of tetrazole rings is 1. The summed E-state index contributed by atoms with van der Waals surface area (Å²) >= 11 is 3.58. The van der Waals surface area contributed by atoms with Gasteiger partial charge in [-0.25, -0.2) is 0 Å². The summed E-state index contributed by atoms with van der Waals surface area (Å²) in [6.45, 7) is 2.04. The van der Waals surface area contributed by atoms with Gasteiger partial charge in [0.15, 0.2) is 0 Å². The fourth-order valence-corrected chi connectivity index (χ4v) is 3.02. The van der Waals surface area contributed by atoms with Crippen LogP contribution in [-0.2, 0) is 0 Å². The Kier molecular flexibility index (Phi) is 3.77. The van der Waals surface area contributed by atoms with E-state index in [1.807, 2.05) is 35.0 Å². The van der Waals surface area contributed by atoms with Crippen molar-refractivity contribution in [2.45, 2.75) is 12.8 Å². The predicted molar refractivity (Wildman–Crippen MR) is 77.9 cm³/mol. The molecular weight excluding hydrogens is 306 g/mol. The molecule has 6 heteroatoms. The molecule has 0 N–H and O–H groups in total. The van der Waals surface area contributed by atoms with Crippen molar-refractivity contribution in [2.75, 3.05) is 23.3 Å². The van der Waals surface area contributed by atoms with Crippen LogP contribution in [0.15, 0.2) is 30.3 Å². The summed E-state index contributed by atoms with van der Waals surface area (Å²) in [6.07, 6.45) is 2.46. The van der Waals surface area contributed by atoms with Crippen molar-refractivity contribution in [3.05, 3.63) is 30.3 Å². The minimum atomic E-state index is 0.676. The van der Waals surface area contributed by atoms with E-state index in [-0.39, 0.29) is 0 Å². The molecule has 2 aromatic rings. The van der Waals surface area contributed by atoms with Crippen LogP contribution in [0.2, 0.25) is 0 Å². The number of aromatic nitrogens is 4. The van der Waals surface area contributed by atoms with Crippen LogP contribution in [0.25, 0.3) is 5.69 Å². The number of hydrogen-bond donors (Lipinski definition) is 0. The minimum Gasteiger partial charge on any atom is -0.339 e. The second-order valence-corrected chi connectivity index (χ2v) is 5.48. The molecule has 0 saturated carbocycles. The Bertz CT molecular complexity index is 527. The number of para-hydroxylation sites is 1. The maximum Gasteiger partial charge on any atom is 0.250 e. The summed E-state index contributed by atoms with van der Waals surface area (Å²) in [6, 6.07) is 10.0. The molecule has 2 heterocycles. The van der Waals surface area contributed by atoms with Crippen LogP contribution >= 0.6 is 15.9 Å². The van der Waals surface area contributed by atoms with E-state index >= 15 is 0 Å². The van der Waals surface area contributed by atoms with Crippen LogP contribution in [0.1, 0.15) is 12.8 Å². The van der Waals surface area contributed by atoms with Crippen LogP contribution in [0.3, 0.4) is 0 Å². The third-order valence-corrected chi connectivity index (χ3v) is 4.39. The third kappa shape index (κ3) is 2.63. The van der Waals surface area contributed by atoms with Crippen molar-refractivity contribution in [2.24, 2.45) is 5.92 Å². The minimum absolute atomic E-state index is 0.676. The van der Waals surface area contributed by atoms with Gasteiger partial charge < -0.3 is 4.90 Å². The van der Waals surface area contributed by atoms with Crippen molar-refractivity contribution < 1.29 is 0 Å². The van der Waals surface area contributed by atoms with E-state index in [0.29, 0.717) is 5.92 Å². The van der Waals surface area contributed by atoms with Gasteiger partial charge in [-0.05, 0) is 41.3 Å². The molecule has 0 spiro atoms. The van der Waals surface area contributed by atoms with Crippen LogP contribution in [0.4, 0.5) is 5.95 Å². The van der Waals surface area contributed by atoms with Crippen LogP contribution in [0, 0.1) is 5.92 Å². The lowest BCUT2D eigenvalue weighted by Gasteiger charge is -2.31. The Morgan fingerprint density at radius 3 is 2.89 bits per heavy atom. The zero-order valence-electron chi connectivity index (χ0n) is 10.6. The van der Waals surface area contributed by atoms with Crippen molar-refractivity contribution in [1.82, 2.24) is 20.2 Å². The summed E-state index contributed by atoms with van der Waals surface area (Å²) in [4.78, 5) is 2.28. The quantitative estimate of drug-likeness (QED) is 0.814. The molecule has 1 aromatic carbocycles. The summed E-state index contributed by atoms with van der Waals surface area (Å²) in [5.41, 5.74) is 1.00. The van der Waals surface area contributed by atoms with E-state index in [1.165, 1.54) is 12.8 Å². The number of anilines is 1. The molecule has 1 unspecified atom stereocenters. The third-order valence-electron chi connectivity index (χ3n) is 3.47. The number of rotatable bonds is 3. The van der Waals surface area contributed by atoms with Gasteiger partial charge in [0.25, 0.3) is 0 Å². The monoisotopic (exact) mass is 321 g/mol. The number of piperidine rings is 1. The van der Waals surface area contributed by atoms with Gasteiger partial charge in [0, 0.05) is 18.4 Å². The van der Waals surface area contributed by atoms with Gasteiger partial charge in [-0.15, -0.1) is 0 Å². The van der Waals surface area contributed by atoms with E-state index < -0.39 is 0 Å². The molecular formula is C13H16BrN5. The summed E-state index contributed by atoms with van der Waals surface area (Å²) < 4.78 is 1.82. The van der Waals surface area contributed by atoms with Crippen LogP contribution in [0.5, 0.6) is 0 Å². The first kappa shape index (κ1) is 12.6. The van der Waals surface area contributed by atoms with Crippen molar-refractivity contribution in [1.29, 1.82) is 0 Å². The molecule has 1 fully saturated rings. The molecule has 100 valence electrons. The molecule has 0 aliphatic carbocycles. The van der Waals surface area contributed by atoms with E-state index in [2.05, 4.69) is 36.4 Å². The second-order valence-electron chi connectivity index (χ2n) is 4.83. The Labute approximate surface area is 120 Å². The smallest absolute Gasteiger partial charge is 0.250 e. The Morgan fingerprint density at radius 2 is 2.11 bits per heavy atom. The van der Waals surface area contributed by atoms with E-state index in [4.69, 9.17) is 0 Å². The first-order chi connectivity index (χ1) is 9.38. The molecule has 19 heavy (non-hydrogen) atoms. The molecule has 0 amide bonds. The van der Waals surface area contributed by atoms with E-state index in [1.54, 1.807) is 0 Å². The zero-order chi connectivity index (χ0) is 13.1. The summed E-state index contributed by atoms with van der Waals surface area (Å²) in [7, 11) is 0. The number of nitrogens with zero attached hydrogens (tertiary/aromatic N) is 5. The highest BCUT2D eigenvalue weighted by Gasteiger charge is 2.23. The van der Waals surface area contributed by atoms with Crippen molar-refractivity contribution >= 4 is 21.9 Å². The number of hydrogen-bond acceptors (Lipinski definition) is 4. The maximum atomic E-state index is 4.20. The fraction of sp³-hybridized carbons (Fsp3) is 0.462. The summed E-state index contributed by atoms with van der Waals surface area (Å²) in [5.74, 6) is 1.52. The van der Waals surface area contributed by atoms with E-state index in [0.717, 1.165) is 30.1 Å². The number of alkyl halides is 1. The highest BCUT2D eigenvalue weighted by atomic mass is 79.9. The average molecular weight is 322 g/mol. The van der Waals surface area contributed by atoms with Crippen LogP contribution < -0.4 is 4.90 Å². The van der Waals surface area contributed by atoms with Crippen molar-refractivity contribution in [3.63, 3.8) is 0 Å². The topological polar surface area (TPSA) is 46.8 Å². The van der Waals surface area contributed by atoms with Crippen molar-refractivity contribution in [3.8, 4) is 5.69 Å².